The van der Waals surface area contributed by atoms with E-state index in [1.54, 1.807) is 30.2 Å². The van der Waals surface area contributed by atoms with Crippen LogP contribution in [0.25, 0.3) is 6.08 Å². The maximum absolute atomic E-state index is 12.9. The van der Waals surface area contributed by atoms with E-state index in [1.165, 1.54) is 5.56 Å². The van der Waals surface area contributed by atoms with Gasteiger partial charge in [0.1, 0.15) is 6.54 Å². The van der Waals surface area contributed by atoms with Gasteiger partial charge in [-0.2, -0.15) is 0 Å². The van der Waals surface area contributed by atoms with E-state index in [-0.39, 0.29) is 17.4 Å². The minimum Gasteiger partial charge on any atom is -0.493 e. The van der Waals surface area contributed by atoms with Gasteiger partial charge in [-0.15, -0.1) is 0 Å². The first-order valence-corrected chi connectivity index (χ1v) is 12.1. The van der Waals surface area contributed by atoms with Crippen molar-refractivity contribution in [3.63, 3.8) is 0 Å². The summed E-state index contributed by atoms with van der Waals surface area (Å²) in [6.45, 7) is 5.50. The zero-order valence-electron chi connectivity index (χ0n) is 19.6. The third-order valence-corrected chi connectivity index (χ3v) is 6.62. The molecule has 2 aliphatic rings. The van der Waals surface area contributed by atoms with E-state index >= 15 is 0 Å². The van der Waals surface area contributed by atoms with Crippen molar-refractivity contribution >= 4 is 34.9 Å². The van der Waals surface area contributed by atoms with E-state index in [4.69, 9.17) is 9.47 Å². The largest absolute Gasteiger partial charge is 0.493 e. The fourth-order valence-corrected chi connectivity index (χ4v) is 4.72. The number of methoxy groups -OCH3 is 1. The summed E-state index contributed by atoms with van der Waals surface area (Å²) in [6, 6.07) is 13.4. The molecule has 1 saturated heterocycles. The number of ether oxygens (including phenoxy) is 2. The highest BCUT2D eigenvalue weighted by atomic mass is 32.2. The molecule has 0 atom stereocenters. The molecule has 3 amide bonds. The molecule has 2 aromatic carbocycles. The zero-order chi connectivity index (χ0) is 24.2. The smallest absolute Gasteiger partial charge is 0.294 e. The number of rotatable bonds is 7. The molecule has 8 heteroatoms. The van der Waals surface area contributed by atoms with Crippen LogP contribution in [-0.4, -0.2) is 53.7 Å². The number of hydrogen-bond donors (Lipinski definition) is 0. The van der Waals surface area contributed by atoms with Gasteiger partial charge in [0.05, 0.1) is 18.6 Å². The van der Waals surface area contributed by atoms with E-state index in [0.29, 0.717) is 42.7 Å². The Kier molecular flexibility index (Phi) is 7.26. The average molecular weight is 481 g/mol. The van der Waals surface area contributed by atoms with Crippen molar-refractivity contribution in [2.75, 3.05) is 26.8 Å². The normalized spacial score (nSPS) is 16.9. The van der Waals surface area contributed by atoms with Crippen molar-refractivity contribution in [1.82, 2.24) is 9.80 Å². The highest BCUT2D eigenvalue weighted by Crippen LogP contribution is 2.35. The van der Waals surface area contributed by atoms with Gasteiger partial charge < -0.3 is 14.4 Å². The molecule has 0 aromatic heterocycles. The second-order valence-corrected chi connectivity index (χ2v) is 9.71. The Balaban J connectivity index is 1.44. The first-order chi connectivity index (χ1) is 16.4. The van der Waals surface area contributed by atoms with Crippen LogP contribution in [0.4, 0.5) is 4.79 Å². The molecule has 178 valence electrons. The minimum absolute atomic E-state index is 0.230. The van der Waals surface area contributed by atoms with Gasteiger partial charge in [0.25, 0.3) is 11.1 Å². The van der Waals surface area contributed by atoms with E-state index in [9.17, 15) is 14.4 Å². The Morgan fingerprint density at radius 2 is 1.88 bits per heavy atom. The molecule has 2 aliphatic heterocycles. The number of imide groups is 1. The number of carbonyl (C=O) groups is 3. The fourth-order valence-electron chi connectivity index (χ4n) is 3.88. The minimum atomic E-state index is -0.458. The topological polar surface area (TPSA) is 76.2 Å². The number of benzene rings is 2. The molecule has 0 N–H and O–H groups in total. The SMILES string of the molecule is COc1cc(/C=C2\SC(=O)N(CC(=O)N3CCc4ccccc4C3)C2=O)ccc1OCC(C)C. The lowest BCUT2D eigenvalue weighted by molar-refractivity contribution is -0.136. The number of amides is 3. The van der Waals surface area contributed by atoms with Gasteiger partial charge in [-0.25, -0.2) is 0 Å². The third kappa shape index (κ3) is 5.28. The van der Waals surface area contributed by atoms with Crippen molar-refractivity contribution in [1.29, 1.82) is 0 Å². The Morgan fingerprint density at radius 3 is 2.62 bits per heavy atom. The Bertz CT molecular complexity index is 1140. The van der Waals surface area contributed by atoms with Gasteiger partial charge in [0.15, 0.2) is 11.5 Å². The van der Waals surface area contributed by atoms with Gasteiger partial charge in [0, 0.05) is 13.1 Å². The highest BCUT2D eigenvalue weighted by molar-refractivity contribution is 8.18. The molecule has 0 aliphatic carbocycles. The average Bonchev–Trinajstić information content (AvgIpc) is 3.09. The summed E-state index contributed by atoms with van der Waals surface area (Å²) in [5.41, 5.74) is 3.04. The number of hydrogen-bond acceptors (Lipinski definition) is 6. The molecule has 4 rings (SSSR count). The van der Waals surface area contributed by atoms with Crippen LogP contribution < -0.4 is 9.47 Å². The quantitative estimate of drug-likeness (QED) is 0.549. The van der Waals surface area contributed by atoms with Gasteiger partial charge in [-0.1, -0.05) is 44.2 Å². The fraction of sp³-hybridized carbons (Fsp3) is 0.346. The summed E-state index contributed by atoms with van der Waals surface area (Å²) in [5, 5.41) is -0.439. The molecule has 0 radical (unpaired) electrons. The van der Waals surface area contributed by atoms with E-state index in [1.807, 2.05) is 24.3 Å². The van der Waals surface area contributed by atoms with Gasteiger partial charge in [0.2, 0.25) is 5.91 Å². The van der Waals surface area contributed by atoms with Crippen LogP contribution in [-0.2, 0) is 22.6 Å². The van der Waals surface area contributed by atoms with Crippen LogP contribution in [0.5, 0.6) is 11.5 Å². The first kappa shape index (κ1) is 23.9. The molecule has 0 bridgehead atoms. The Hall–Kier alpha value is -3.26. The zero-order valence-corrected chi connectivity index (χ0v) is 20.4. The van der Waals surface area contributed by atoms with Crippen molar-refractivity contribution in [2.45, 2.75) is 26.8 Å². The second kappa shape index (κ2) is 10.3. The van der Waals surface area contributed by atoms with E-state index in [0.717, 1.165) is 28.6 Å². The van der Waals surface area contributed by atoms with Gasteiger partial charge in [-0.3, -0.25) is 19.3 Å². The summed E-state index contributed by atoms with van der Waals surface area (Å²) >= 11 is 0.841. The van der Waals surface area contributed by atoms with Crippen LogP contribution in [0.1, 0.15) is 30.5 Å². The number of thioether (sulfide) groups is 1. The lowest BCUT2D eigenvalue weighted by Gasteiger charge is -2.29. The standard InChI is InChI=1S/C26H28N2O5S/c1-17(2)16-33-21-9-8-18(12-22(21)32-3)13-23-25(30)28(26(31)34-23)15-24(29)27-11-10-19-6-4-5-7-20(19)14-27/h4-9,12-13,17H,10-11,14-16H2,1-3H3/b23-13-. The van der Waals surface area contributed by atoms with Crippen LogP contribution in [0.3, 0.4) is 0 Å². The van der Waals surface area contributed by atoms with Crippen LogP contribution in [0.2, 0.25) is 0 Å². The number of fused-ring (bicyclic) bond motifs is 1. The molecule has 2 aromatic rings. The van der Waals surface area contributed by atoms with Crippen molar-refractivity contribution in [3.8, 4) is 11.5 Å². The van der Waals surface area contributed by atoms with Crippen LogP contribution in [0.15, 0.2) is 47.4 Å². The summed E-state index contributed by atoms with van der Waals surface area (Å²) in [6.07, 6.45) is 2.41. The molecule has 0 unspecified atom stereocenters. The Morgan fingerprint density at radius 1 is 1.12 bits per heavy atom. The number of carbonyl (C=O) groups excluding carboxylic acids is 3. The lowest BCUT2D eigenvalue weighted by atomic mass is 10.00. The lowest BCUT2D eigenvalue weighted by Crippen LogP contribution is -2.44. The van der Waals surface area contributed by atoms with Crippen molar-refractivity contribution < 1.29 is 23.9 Å². The van der Waals surface area contributed by atoms with Gasteiger partial charge in [-0.05, 0) is 59.0 Å². The molecule has 0 spiro atoms. The number of nitrogens with zero attached hydrogens (tertiary/aromatic N) is 2. The summed E-state index contributed by atoms with van der Waals surface area (Å²) in [7, 11) is 1.56. The van der Waals surface area contributed by atoms with Gasteiger partial charge >= 0.3 is 0 Å². The maximum Gasteiger partial charge on any atom is 0.294 e. The highest BCUT2D eigenvalue weighted by Gasteiger charge is 2.37. The summed E-state index contributed by atoms with van der Waals surface area (Å²) in [5.74, 6) is 0.856. The third-order valence-electron chi connectivity index (χ3n) is 5.71. The molecule has 7 nitrogen and oxygen atoms in total. The van der Waals surface area contributed by atoms with Crippen molar-refractivity contribution in [3.05, 3.63) is 64.1 Å². The first-order valence-electron chi connectivity index (χ1n) is 11.3. The predicted octanol–water partition coefficient (Wildman–Crippen LogP) is 4.35. The predicted molar refractivity (Wildman–Crippen MR) is 132 cm³/mol. The Labute approximate surface area is 203 Å². The summed E-state index contributed by atoms with van der Waals surface area (Å²) in [4.78, 5) is 41.3. The molecule has 1 fully saturated rings. The molecule has 34 heavy (non-hydrogen) atoms. The van der Waals surface area contributed by atoms with E-state index in [2.05, 4.69) is 19.9 Å². The molecular formula is C26H28N2O5S. The molecule has 0 saturated carbocycles. The van der Waals surface area contributed by atoms with Crippen molar-refractivity contribution in [2.24, 2.45) is 5.92 Å². The summed E-state index contributed by atoms with van der Waals surface area (Å²) < 4.78 is 11.2. The van der Waals surface area contributed by atoms with Crippen LogP contribution in [0, 0.1) is 5.92 Å². The molecule has 2 heterocycles. The second-order valence-electron chi connectivity index (χ2n) is 8.72. The maximum atomic E-state index is 12.9. The van der Waals surface area contributed by atoms with Crippen LogP contribution >= 0.6 is 11.8 Å². The van der Waals surface area contributed by atoms with E-state index < -0.39 is 11.1 Å². The molecular weight excluding hydrogens is 452 g/mol. The monoisotopic (exact) mass is 480 g/mol.